The van der Waals surface area contributed by atoms with Crippen molar-refractivity contribution in [2.75, 3.05) is 53.7 Å². The predicted molar refractivity (Wildman–Crippen MR) is 207 cm³/mol. The molecule has 1 aromatic heterocycles. The van der Waals surface area contributed by atoms with Crippen LogP contribution in [0.15, 0.2) is 30.4 Å². The zero-order chi connectivity index (χ0) is 43.5. The maximum atomic E-state index is 15.8. The Morgan fingerprint density at radius 3 is 2.20 bits per heavy atom. The maximum absolute atomic E-state index is 15.8. The van der Waals surface area contributed by atoms with Crippen LogP contribution in [0.1, 0.15) is 59.8 Å². The Balaban J connectivity index is 1.05. The van der Waals surface area contributed by atoms with E-state index in [9.17, 15) is 33.6 Å². The van der Waals surface area contributed by atoms with Gasteiger partial charge >= 0.3 is 11.9 Å². The number of halogens is 2. The van der Waals surface area contributed by atoms with Gasteiger partial charge in [0.25, 0.3) is 11.8 Å². The summed E-state index contributed by atoms with van der Waals surface area (Å²) in [4.78, 5) is 86.2. The molecule has 2 N–H and O–H groups in total. The summed E-state index contributed by atoms with van der Waals surface area (Å²) in [6, 6.07) is 4.46. The number of amides is 4. The number of nitrogens with one attached hydrogen (secondary N) is 1. The Kier molecular flexibility index (Phi) is 15.5. The molecule has 0 spiro atoms. The summed E-state index contributed by atoms with van der Waals surface area (Å²) in [5, 5.41) is 11.5. The fourth-order valence-corrected chi connectivity index (χ4v) is 7.23. The molecule has 2 aromatic carbocycles. The highest BCUT2D eigenvalue weighted by molar-refractivity contribution is 7.20. The minimum Gasteiger partial charge on any atom is -0.493 e. The molecule has 20 heteroatoms. The summed E-state index contributed by atoms with van der Waals surface area (Å²) in [7, 11) is 2.67. The number of imide groups is 1. The van der Waals surface area contributed by atoms with Crippen molar-refractivity contribution in [1.82, 2.24) is 15.1 Å². The van der Waals surface area contributed by atoms with Gasteiger partial charge in [0.05, 0.1) is 58.4 Å². The van der Waals surface area contributed by atoms with Crippen LogP contribution >= 0.6 is 11.3 Å². The zero-order valence-electron chi connectivity index (χ0n) is 33.0. The van der Waals surface area contributed by atoms with Gasteiger partial charge in [-0.1, -0.05) is 0 Å². The highest BCUT2D eigenvalue weighted by atomic mass is 32.1. The van der Waals surface area contributed by atoms with Crippen LogP contribution in [0.3, 0.4) is 0 Å². The molecule has 0 bridgehead atoms. The normalized spacial score (nSPS) is 13.7. The molecule has 17 nitrogen and oxygen atoms in total. The minimum atomic E-state index is -1.11. The van der Waals surface area contributed by atoms with Gasteiger partial charge in [0.1, 0.15) is 12.6 Å². The van der Waals surface area contributed by atoms with Gasteiger partial charge in [0.2, 0.25) is 11.8 Å². The van der Waals surface area contributed by atoms with E-state index in [1.165, 1.54) is 31.3 Å². The number of methoxy groups -OCH3 is 2. The van der Waals surface area contributed by atoms with E-state index >= 15 is 8.78 Å². The largest absolute Gasteiger partial charge is 0.493 e. The number of rotatable bonds is 23. The van der Waals surface area contributed by atoms with Crippen LogP contribution < -0.4 is 24.3 Å². The lowest BCUT2D eigenvalue weighted by molar-refractivity contribution is -0.151. The number of carboxylic acid groups (broad SMARTS) is 1. The summed E-state index contributed by atoms with van der Waals surface area (Å²) in [5.74, 6) is -5.94. The topological polar surface area (TPSA) is 214 Å². The Labute approximate surface area is 346 Å². The van der Waals surface area contributed by atoms with Gasteiger partial charge in [0.15, 0.2) is 40.4 Å². The second-order valence-corrected chi connectivity index (χ2v) is 14.6. The summed E-state index contributed by atoms with van der Waals surface area (Å²) in [6.45, 7) is 1.26. The highest BCUT2D eigenvalue weighted by Crippen LogP contribution is 2.41. The number of ketones is 1. The van der Waals surface area contributed by atoms with Crippen LogP contribution in [0.5, 0.6) is 23.0 Å². The average Bonchev–Trinajstić information content (AvgIpc) is 3.94. The second-order valence-electron chi connectivity index (χ2n) is 13.5. The molecule has 4 amide bonds. The molecule has 0 aliphatic carbocycles. The number of Topliss-reactive ketones (excluding diaryl/α,β-unsaturated/α-hetero) is 1. The summed E-state index contributed by atoms with van der Waals surface area (Å²) < 4.78 is 64.6. The monoisotopic (exact) mass is 859 g/mol. The van der Waals surface area contributed by atoms with Crippen LogP contribution in [0.25, 0.3) is 10.1 Å². The van der Waals surface area contributed by atoms with E-state index in [-0.39, 0.29) is 117 Å². The molecule has 0 saturated heterocycles. The van der Waals surface area contributed by atoms with E-state index in [0.29, 0.717) is 10.3 Å². The van der Waals surface area contributed by atoms with E-state index < -0.39 is 65.6 Å². The predicted octanol–water partition coefficient (Wildman–Crippen LogP) is 3.70. The molecule has 0 fully saturated rings. The van der Waals surface area contributed by atoms with Crippen LogP contribution in [0.4, 0.5) is 8.78 Å². The third-order valence-corrected chi connectivity index (χ3v) is 10.3. The molecule has 2 aliphatic heterocycles. The molecule has 60 heavy (non-hydrogen) atoms. The third-order valence-electron chi connectivity index (χ3n) is 9.19. The molecular formula is C40H43F2N3O14S. The highest BCUT2D eigenvalue weighted by Gasteiger charge is 2.31. The lowest BCUT2D eigenvalue weighted by Gasteiger charge is -2.15. The van der Waals surface area contributed by atoms with Gasteiger partial charge in [-0.05, 0) is 24.6 Å². The first-order chi connectivity index (χ1) is 28.7. The molecule has 3 heterocycles. The van der Waals surface area contributed by atoms with Gasteiger partial charge < -0.3 is 43.7 Å². The minimum absolute atomic E-state index is 0.00228. The molecule has 5 rings (SSSR count). The molecule has 2 aliphatic rings. The SMILES string of the molecule is COc1cc2c(c(F)c1OCCCOc1c(OC)cc3sc(C(=O)CCC(=O)O[C@@H](C)COCCNC(=O)CN4C(=O)C=CC4=O)cc3c1F)CN(C(=O)CCC(=O)O)C2. The summed E-state index contributed by atoms with van der Waals surface area (Å²) >= 11 is 1.02. The number of esters is 1. The molecule has 0 radical (unpaired) electrons. The van der Waals surface area contributed by atoms with E-state index in [1.54, 1.807) is 13.0 Å². The number of hydrogen-bond donors (Lipinski definition) is 2. The molecule has 0 saturated carbocycles. The first kappa shape index (κ1) is 44.9. The number of fused-ring (bicyclic) bond motifs is 2. The van der Waals surface area contributed by atoms with Crippen molar-refractivity contribution in [1.29, 1.82) is 0 Å². The number of carbonyl (C=O) groups excluding carboxylic acids is 6. The molecule has 322 valence electrons. The van der Waals surface area contributed by atoms with Gasteiger partial charge in [-0.2, -0.15) is 0 Å². The van der Waals surface area contributed by atoms with Gasteiger partial charge in [-0.25, -0.2) is 8.78 Å². The smallest absolute Gasteiger partial charge is 0.306 e. The second kappa shape index (κ2) is 20.7. The Hall–Kier alpha value is -6.15. The number of thiophene rings is 1. The van der Waals surface area contributed by atoms with Crippen LogP contribution in [0.2, 0.25) is 0 Å². The Bertz CT molecular complexity index is 2170. The van der Waals surface area contributed by atoms with E-state index in [0.717, 1.165) is 28.4 Å². The zero-order valence-corrected chi connectivity index (χ0v) is 33.8. The average molecular weight is 860 g/mol. The van der Waals surface area contributed by atoms with Gasteiger partial charge in [-0.3, -0.25) is 38.5 Å². The number of nitrogens with zero attached hydrogens (tertiary/aromatic N) is 2. The lowest BCUT2D eigenvalue weighted by atomic mass is 10.1. The van der Waals surface area contributed by atoms with Crippen molar-refractivity contribution in [3.63, 3.8) is 0 Å². The van der Waals surface area contributed by atoms with Crippen molar-refractivity contribution in [3.05, 3.63) is 58.0 Å². The fraction of sp³-hybridized carbons (Fsp3) is 0.425. The van der Waals surface area contributed by atoms with Crippen LogP contribution in [0, 0.1) is 11.6 Å². The maximum Gasteiger partial charge on any atom is 0.306 e. The number of ether oxygens (including phenoxy) is 6. The van der Waals surface area contributed by atoms with E-state index in [4.69, 9.17) is 33.5 Å². The number of carbonyl (C=O) groups is 7. The van der Waals surface area contributed by atoms with Gasteiger partial charge in [0, 0.05) is 72.8 Å². The van der Waals surface area contributed by atoms with E-state index in [1.807, 2.05) is 0 Å². The Morgan fingerprint density at radius 2 is 1.53 bits per heavy atom. The first-order valence-corrected chi connectivity index (χ1v) is 19.6. The third kappa shape index (κ3) is 11.3. The molecule has 1 atom stereocenters. The van der Waals surface area contributed by atoms with Crippen molar-refractivity contribution >= 4 is 62.8 Å². The summed E-state index contributed by atoms with van der Waals surface area (Å²) in [6.07, 6.45) is 0.673. The van der Waals surface area contributed by atoms with Gasteiger partial charge in [-0.15, -0.1) is 11.3 Å². The number of hydrogen-bond acceptors (Lipinski definition) is 14. The van der Waals surface area contributed by atoms with Crippen LogP contribution in [-0.2, 0) is 51.3 Å². The molecular weight excluding hydrogens is 817 g/mol. The lowest BCUT2D eigenvalue weighted by Crippen LogP contribution is -2.41. The van der Waals surface area contributed by atoms with Crippen molar-refractivity contribution in [3.8, 4) is 23.0 Å². The first-order valence-electron chi connectivity index (χ1n) is 18.7. The standard InChI is InChI=1S/C40H43F2N3O14S/c1-22(21-56-14-11-43-31(47)20-45-33(49)6-7-34(45)50)59-36(53)10-5-26(46)30-16-24-29(60-30)17-28(55-3)40(37(24)41)58-13-4-12-57-39-27(54-2)15-23-18-44(19-25(23)38(39)42)32(48)8-9-35(51)52/h6-7,15-17,22H,4-5,8-14,18-21H2,1-3H3,(H,43,47)(H,51,52)/t22-/m0/s1. The molecule has 0 unspecified atom stereocenters. The number of aliphatic carboxylic acids is 1. The van der Waals surface area contributed by atoms with Crippen molar-refractivity contribution in [2.24, 2.45) is 0 Å². The molecule has 3 aromatic rings. The van der Waals surface area contributed by atoms with E-state index in [2.05, 4.69) is 5.32 Å². The number of carboxylic acids is 1. The van der Waals surface area contributed by atoms with Crippen molar-refractivity contribution in [2.45, 2.75) is 58.2 Å². The number of benzene rings is 2. The van der Waals surface area contributed by atoms with Crippen LogP contribution in [-0.4, -0.2) is 116 Å². The summed E-state index contributed by atoms with van der Waals surface area (Å²) in [5.41, 5.74) is 0.755. The van der Waals surface area contributed by atoms with Crippen molar-refractivity contribution < 1.29 is 75.9 Å². The Morgan fingerprint density at radius 1 is 0.867 bits per heavy atom. The fourth-order valence-electron chi connectivity index (χ4n) is 6.18. The quantitative estimate of drug-likeness (QED) is 0.0603.